The van der Waals surface area contributed by atoms with E-state index in [-0.39, 0.29) is 25.6 Å². The highest BCUT2D eigenvalue weighted by molar-refractivity contribution is 5.83. The van der Waals surface area contributed by atoms with Crippen molar-refractivity contribution in [3.8, 4) is 0 Å². The van der Waals surface area contributed by atoms with Crippen LogP contribution in [0.5, 0.6) is 0 Å². The monoisotopic (exact) mass is 301 g/mol. The van der Waals surface area contributed by atoms with Crippen LogP contribution < -0.4 is 0 Å². The highest BCUT2D eigenvalue weighted by atomic mass is 16.4. The molecule has 3 N–H and O–H groups in total. The van der Waals surface area contributed by atoms with E-state index in [0.29, 0.717) is 26.2 Å². The summed E-state index contributed by atoms with van der Waals surface area (Å²) in [6, 6.07) is -1.26. The van der Waals surface area contributed by atoms with Crippen molar-refractivity contribution in [1.29, 1.82) is 0 Å². The van der Waals surface area contributed by atoms with Crippen LogP contribution in [0.4, 0.5) is 4.79 Å². The Balaban J connectivity index is 1.97. The second-order valence-corrected chi connectivity index (χ2v) is 5.58. The molecule has 0 saturated carbocycles. The zero-order chi connectivity index (χ0) is 15.4. The Kier molecular flexibility index (Phi) is 5.38. The summed E-state index contributed by atoms with van der Waals surface area (Å²) in [6.07, 6.45) is 0.110. The molecule has 0 spiro atoms. The topological polar surface area (TPSA) is 105 Å². The van der Waals surface area contributed by atoms with Crippen molar-refractivity contribution in [3.63, 3.8) is 0 Å². The summed E-state index contributed by atoms with van der Waals surface area (Å²) in [5.74, 6) is -1.07. The van der Waals surface area contributed by atoms with Crippen molar-refractivity contribution in [3.05, 3.63) is 0 Å². The minimum atomic E-state index is -1.07. The lowest BCUT2D eigenvalue weighted by molar-refractivity contribution is -0.141. The SMILES string of the molecule is O=C(O)[C@@H]1C[C@H](O)CN1C(=O)N1CCCN(CCO)CC1. The maximum Gasteiger partial charge on any atom is 0.326 e. The number of likely N-dealkylation sites (tertiary alicyclic amines) is 1. The lowest BCUT2D eigenvalue weighted by Gasteiger charge is -2.29. The molecule has 2 heterocycles. The second kappa shape index (κ2) is 7.06. The third-order valence-corrected chi connectivity index (χ3v) is 4.09. The molecule has 2 fully saturated rings. The number of carboxylic acids is 1. The predicted molar refractivity (Wildman–Crippen MR) is 73.9 cm³/mol. The fourth-order valence-corrected chi connectivity index (χ4v) is 2.97. The van der Waals surface area contributed by atoms with Crippen LogP contribution in [-0.2, 0) is 4.79 Å². The van der Waals surface area contributed by atoms with Gasteiger partial charge in [0.25, 0.3) is 0 Å². The highest BCUT2D eigenvalue weighted by Gasteiger charge is 2.40. The average molecular weight is 301 g/mol. The molecule has 0 unspecified atom stereocenters. The molecule has 2 amide bonds. The molecule has 0 aromatic rings. The van der Waals surface area contributed by atoms with E-state index in [9.17, 15) is 14.7 Å². The largest absolute Gasteiger partial charge is 0.480 e. The Labute approximate surface area is 123 Å². The molecule has 0 bridgehead atoms. The van der Waals surface area contributed by atoms with Gasteiger partial charge in [0.15, 0.2) is 0 Å². The van der Waals surface area contributed by atoms with Crippen LogP contribution in [0.15, 0.2) is 0 Å². The molecule has 2 saturated heterocycles. The van der Waals surface area contributed by atoms with E-state index in [2.05, 4.69) is 4.90 Å². The number of rotatable bonds is 3. The van der Waals surface area contributed by atoms with Crippen molar-refractivity contribution in [2.75, 3.05) is 45.9 Å². The van der Waals surface area contributed by atoms with E-state index < -0.39 is 18.1 Å². The minimum Gasteiger partial charge on any atom is -0.480 e. The Morgan fingerprint density at radius 2 is 1.90 bits per heavy atom. The molecule has 2 aliphatic heterocycles. The lowest BCUT2D eigenvalue weighted by atomic mass is 10.2. The summed E-state index contributed by atoms with van der Waals surface area (Å²) in [6.45, 7) is 3.31. The molecular formula is C13H23N3O5. The quantitative estimate of drug-likeness (QED) is 0.594. The maximum atomic E-state index is 12.5. The average Bonchev–Trinajstić information content (AvgIpc) is 2.68. The molecule has 21 heavy (non-hydrogen) atoms. The van der Waals surface area contributed by atoms with Crippen LogP contribution >= 0.6 is 0 Å². The number of carbonyl (C=O) groups is 2. The molecule has 2 atom stereocenters. The molecule has 0 radical (unpaired) electrons. The number of aliphatic hydroxyl groups excluding tert-OH is 2. The van der Waals surface area contributed by atoms with Crippen molar-refractivity contribution in [1.82, 2.24) is 14.7 Å². The van der Waals surface area contributed by atoms with Crippen LogP contribution in [0.25, 0.3) is 0 Å². The van der Waals surface area contributed by atoms with Gasteiger partial charge < -0.3 is 25.1 Å². The number of β-amino-alcohol motifs (C(OH)–C–C–N with tert-alkyl or cyclic N) is 2. The molecule has 0 aromatic heterocycles. The van der Waals surface area contributed by atoms with Gasteiger partial charge in [-0.3, -0.25) is 4.90 Å². The van der Waals surface area contributed by atoms with Crippen LogP contribution in [0.1, 0.15) is 12.8 Å². The number of hydrogen-bond acceptors (Lipinski definition) is 5. The van der Waals surface area contributed by atoms with Gasteiger partial charge >= 0.3 is 12.0 Å². The first-order chi connectivity index (χ1) is 10.0. The summed E-state index contributed by atoms with van der Waals surface area (Å²) in [5, 5.41) is 27.7. The van der Waals surface area contributed by atoms with Gasteiger partial charge in [0.1, 0.15) is 6.04 Å². The van der Waals surface area contributed by atoms with E-state index >= 15 is 0 Å². The zero-order valence-electron chi connectivity index (χ0n) is 12.0. The van der Waals surface area contributed by atoms with Gasteiger partial charge in [0.05, 0.1) is 12.7 Å². The van der Waals surface area contributed by atoms with Crippen molar-refractivity contribution in [2.45, 2.75) is 25.0 Å². The Hall–Kier alpha value is -1.38. The van der Waals surface area contributed by atoms with E-state index in [1.165, 1.54) is 4.90 Å². The zero-order valence-corrected chi connectivity index (χ0v) is 12.0. The molecule has 8 nitrogen and oxygen atoms in total. The first-order valence-corrected chi connectivity index (χ1v) is 7.32. The van der Waals surface area contributed by atoms with Gasteiger partial charge in [0, 0.05) is 39.1 Å². The highest BCUT2D eigenvalue weighted by Crippen LogP contribution is 2.20. The summed E-state index contributed by atoms with van der Waals surface area (Å²) in [4.78, 5) is 28.7. The molecular weight excluding hydrogens is 278 g/mol. The van der Waals surface area contributed by atoms with Gasteiger partial charge in [-0.2, -0.15) is 0 Å². The molecule has 2 rings (SSSR count). The van der Waals surface area contributed by atoms with E-state index in [0.717, 1.165) is 13.0 Å². The lowest BCUT2D eigenvalue weighted by Crippen LogP contribution is -2.49. The normalized spacial score (nSPS) is 27.7. The van der Waals surface area contributed by atoms with Crippen molar-refractivity contribution < 1.29 is 24.9 Å². The fourth-order valence-electron chi connectivity index (χ4n) is 2.97. The summed E-state index contributed by atoms with van der Waals surface area (Å²) >= 11 is 0. The van der Waals surface area contributed by atoms with Gasteiger partial charge in [-0.25, -0.2) is 9.59 Å². The first kappa shape index (κ1) is 16.0. The Bertz CT molecular complexity index is 392. The number of urea groups is 1. The van der Waals surface area contributed by atoms with Crippen LogP contribution in [-0.4, -0.2) is 100 Å². The minimum absolute atomic E-state index is 0.0760. The Morgan fingerprint density at radius 1 is 1.14 bits per heavy atom. The van der Waals surface area contributed by atoms with Crippen molar-refractivity contribution >= 4 is 12.0 Å². The van der Waals surface area contributed by atoms with Gasteiger partial charge in [-0.05, 0) is 13.0 Å². The summed E-state index contributed by atoms with van der Waals surface area (Å²) in [5.41, 5.74) is 0. The maximum absolute atomic E-state index is 12.5. The number of hydrogen-bond donors (Lipinski definition) is 3. The van der Waals surface area contributed by atoms with E-state index in [4.69, 9.17) is 10.2 Å². The Morgan fingerprint density at radius 3 is 2.57 bits per heavy atom. The third kappa shape index (κ3) is 3.84. The summed E-state index contributed by atoms with van der Waals surface area (Å²) < 4.78 is 0. The summed E-state index contributed by atoms with van der Waals surface area (Å²) in [7, 11) is 0. The fraction of sp³-hybridized carbons (Fsp3) is 0.846. The molecule has 0 aromatic carbocycles. The standard InChI is InChI=1S/C13H23N3O5/c17-7-6-14-2-1-3-15(5-4-14)13(21)16-9-10(18)8-11(16)12(19)20/h10-11,17-18H,1-9H2,(H,19,20)/t10-,11-/m0/s1. The predicted octanol–water partition coefficient (Wildman–Crippen LogP) is -1.37. The van der Waals surface area contributed by atoms with Crippen LogP contribution in [0.2, 0.25) is 0 Å². The number of amides is 2. The molecule has 8 heteroatoms. The number of aliphatic carboxylic acids is 1. The number of carboxylic acid groups (broad SMARTS) is 1. The second-order valence-electron chi connectivity index (χ2n) is 5.58. The van der Waals surface area contributed by atoms with E-state index in [1.807, 2.05) is 0 Å². The molecule has 2 aliphatic rings. The number of aliphatic hydroxyl groups is 2. The first-order valence-electron chi connectivity index (χ1n) is 7.32. The van der Waals surface area contributed by atoms with Gasteiger partial charge in [-0.15, -0.1) is 0 Å². The third-order valence-electron chi connectivity index (χ3n) is 4.09. The number of carbonyl (C=O) groups excluding carboxylic acids is 1. The molecule has 0 aliphatic carbocycles. The molecule has 120 valence electrons. The van der Waals surface area contributed by atoms with Gasteiger partial charge in [-0.1, -0.05) is 0 Å². The van der Waals surface area contributed by atoms with Crippen molar-refractivity contribution in [2.24, 2.45) is 0 Å². The smallest absolute Gasteiger partial charge is 0.326 e. The van der Waals surface area contributed by atoms with Gasteiger partial charge in [0.2, 0.25) is 0 Å². The number of nitrogens with zero attached hydrogens (tertiary/aromatic N) is 3. The van der Waals surface area contributed by atoms with E-state index in [1.54, 1.807) is 4.90 Å². The van der Waals surface area contributed by atoms with Crippen LogP contribution in [0.3, 0.4) is 0 Å². The van der Waals surface area contributed by atoms with Crippen LogP contribution in [0, 0.1) is 0 Å².